The predicted molar refractivity (Wildman–Crippen MR) is 130 cm³/mol. The number of thiazole rings is 1. The Balaban J connectivity index is 1.26. The molecule has 33 heavy (non-hydrogen) atoms. The number of benzene rings is 3. The standard InChI is InChI=1S/C25H19ClN2O4S/c26-20-8-4-5-9-22(20)31-15-24(30)32-14-23(29)28-25-27-21(16-33-25)19-12-10-18(11-13-19)17-6-2-1-3-7-17/h1-13,16H,14-15H2,(H,27,28,29). The number of hydrogen-bond donors (Lipinski definition) is 1. The summed E-state index contributed by atoms with van der Waals surface area (Å²) in [5, 5.41) is 5.30. The van der Waals surface area contributed by atoms with Gasteiger partial charge >= 0.3 is 5.97 Å². The van der Waals surface area contributed by atoms with Crippen LogP contribution in [0.3, 0.4) is 0 Å². The van der Waals surface area contributed by atoms with Crippen molar-refractivity contribution in [2.75, 3.05) is 18.5 Å². The highest BCUT2D eigenvalue weighted by atomic mass is 35.5. The number of carbonyl (C=O) groups is 2. The Morgan fingerprint density at radius 2 is 1.52 bits per heavy atom. The molecule has 3 aromatic carbocycles. The Hall–Kier alpha value is -3.68. The van der Waals surface area contributed by atoms with Gasteiger partial charge in [0.25, 0.3) is 5.91 Å². The molecule has 1 heterocycles. The second-order valence-corrected chi connectivity index (χ2v) is 8.17. The number of anilines is 1. The molecule has 0 unspecified atom stereocenters. The fraction of sp³-hybridized carbons (Fsp3) is 0.0800. The minimum Gasteiger partial charge on any atom is -0.480 e. The maximum absolute atomic E-state index is 12.1. The Bertz CT molecular complexity index is 1240. The summed E-state index contributed by atoms with van der Waals surface area (Å²) in [6, 6.07) is 24.9. The minimum absolute atomic E-state index is 0.350. The molecule has 0 radical (unpaired) electrons. The maximum Gasteiger partial charge on any atom is 0.344 e. The van der Waals surface area contributed by atoms with E-state index in [0.717, 1.165) is 22.4 Å². The number of nitrogens with zero attached hydrogens (tertiary/aromatic N) is 1. The molecule has 6 nitrogen and oxygen atoms in total. The zero-order chi connectivity index (χ0) is 23.0. The molecule has 0 fully saturated rings. The van der Waals surface area contributed by atoms with Gasteiger partial charge in [0.1, 0.15) is 5.75 Å². The van der Waals surface area contributed by atoms with Crippen LogP contribution < -0.4 is 10.1 Å². The van der Waals surface area contributed by atoms with Crippen molar-refractivity contribution in [3.8, 4) is 28.1 Å². The maximum atomic E-state index is 12.1. The van der Waals surface area contributed by atoms with Gasteiger partial charge in [-0.05, 0) is 23.3 Å². The van der Waals surface area contributed by atoms with Gasteiger partial charge in [-0.15, -0.1) is 11.3 Å². The smallest absolute Gasteiger partial charge is 0.344 e. The van der Waals surface area contributed by atoms with Crippen molar-refractivity contribution >= 4 is 39.9 Å². The SMILES string of the molecule is O=C(COC(=O)COc1ccccc1Cl)Nc1nc(-c2ccc(-c3ccccc3)cc2)cs1. The van der Waals surface area contributed by atoms with E-state index in [1.807, 2.05) is 47.8 Å². The molecule has 0 aliphatic rings. The van der Waals surface area contributed by atoms with Crippen LogP contribution in [0.4, 0.5) is 5.13 Å². The van der Waals surface area contributed by atoms with Crippen molar-refractivity contribution in [1.29, 1.82) is 0 Å². The fourth-order valence-corrected chi connectivity index (χ4v) is 3.90. The van der Waals surface area contributed by atoms with Gasteiger partial charge in [-0.25, -0.2) is 9.78 Å². The molecule has 0 saturated carbocycles. The lowest BCUT2D eigenvalue weighted by molar-refractivity contribution is -0.149. The third-order valence-electron chi connectivity index (χ3n) is 4.58. The lowest BCUT2D eigenvalue weighted by atomic mass is 10.0. The molecule has 4 rings (SSSR count). The number of aromatic nitrogens is 1. The van der Waals surface area contributed by atoms with Gasteiger partial charge in [-0.3, -0.25) is 10.1 Å². The van der Waals surface area contributed by atoms with E-state index in [0.29, 0.717) is 15.9 Å². The summed E-state index contributed by atoms with van der Waals surface area (Å²) in [6.07, 6.45) is 0. The van der Waals surface area contributed by atoms with Crippen molar-refractivity contribution in [3.05, 3.63) is 89.3 Å². The molecular formula is C25H19ClN2O4S. The summed E-state index contributed by atoms with van der Waals surface area (Å²) in [6.45, 7) is -0.789. The van der Waals surface area contributed by atoms with E-state index in [1.54, 1.807) is 24.3 Å². The highest BCUT2D eigenvalue weighted by molar-refractivity contribution is 7.14. The number of esters is 1. The van der Waals surface area contributed by atoms with Crippen LogP contribution in [0.5, 0.6) is 5.75 Å². The van der Waals surface area contributed by atoms with Crippen molar-refractivity contribution in [2.24, 2.45) is 0 Å². The number of hydrogen-bond acceptors (Lipinski definition) is 6. The fourth-order valence-electron chi connectivity index (χ4n) is 2.97. The molecular weight excluding hydrogens is 460 g/mol. The van der Waals surface area contributed by atoms with Gasteiger partial charge in [0.05, 0.1) is 10.7 Å². The molecule has 0 saturated heterocycles. The quantitative estimate of drug-likeness (QED) is 0.329. The van der Waals surface area contributed by atoms with Gasteiger partial charge in [0.15, 0.2) is 18.3 Å². The number of rotatable bonds is 8. The predicted octanol–water partition coefficient (Wildman–Crippen LogP) is 5.69. The first-order chi connectivity index (χ1) is 16.1. The minimum atomic E-state index is -0.677. The van der Waals surface area contributed by atoms with Crippen LogP contribution in [0.25, 0.3) is 22.4 Å². The summed E-state index contributed by atoms with van der Waals surface area (Å²) in [7, 11) is 0. The summed E-state index contributed by atoms with van der Waals surface area (Å²) in [5.74, 6) is -0.794. The molecule has 1 aromatic heterocycles. The van der Waals surface area contributed by atoms with Gasteiger partial charge < -0.3 is 9.47 Å². The number of carbonyl (C=O) groups excluding carboxylic acids is 2. The van der Waals surface area contributed by atoms with E-state index >= 15 is 0 Å². The normalized spacial score (nSPS) is 10.5. The molecule has 0 aliphatic carbocycles. The van der Waals surface area contributed by atoms with Gasteiger partial charge in [0, 0.05) is 10.9 Å². The first-order valence-electron chi connectivity index (χ1n) is 10.0. The third kappa shape index (κ3) is 6.19. The number of ether oxygens (including phenoxy) is 2. The monoisotopic (exact) mass is 478 g/mol. The molecule has 0 aliphatic heterocycles. The van der Waals surface area contributed by atoms with Crippen molar-refractivity contribution < 1.29 is 19.1 Å². The van der Waals surface area contributed by atoms with Crippen LogP contribution in [-0.2, 0) is 14.3 Å². The van der Waals surface area contributed by atoms with Crippen LogP contribution in [0.15, 0.2) is 84.2 Å². The van der Waals surface area contributed by atoms with E-state index in [-0.39, 0.29) is 6.61 Å². The summed E-state index contributed by atoms with van der Waals surface area (Å²) in [4.78, 5) is 28.4. The molecule has 1 N–H and O–H groups in total. The zero-order valence-electron chi connectivity index (χ0n) is 17.4. The van der Waals surface area contributed by atoms with E-state index in [2.05, 4.69) is 22.4 Å². The van der Waals surface area contributed by atoms with E-state index < -0.39 is 18.5 Å². The molecule has 0 atom stereocenters. The largest absolute Gasteiger partial charge is 0.480 e. The third-order valence-corrected chi connectivity index (χ3v) is 5.65. The molecule has 0 bridgehead atoms. The van der Waals surface area contributed by atoms with E-state index in [1.165, 1.54) is 11.3 Å². The average molecular weight is 479 g/mol. The average Bonchev–Trinajstić information content (AvgIpc) is 3.31. The zero-order valence-corrected chi connectivity index (χ0v) is 18.9. The summed E-state index contributed by atoms with van der Waals surface area (Å²) >= 11 is 7.25. The second kappa shape index (κ2) is 10.8. The lowest BCUT2D eigenvalue weighted by Gasteiger charge is -2.08. The Morgan fingerprint density at radius 3 is 2.27 bits per heavy atom. The molecule has 1 amide bonds. The Kier molecular flexibility index (Phi) is 7.34. The topological polar surface area (TPSA) is 77.5 Å². The van der Waals surface area contributed by atoms with Gasteiger partial charge in [-0.1, -0.05) is 78.3 Å². The van der Waals surface area contributed by atoms with Crippen molar-refractivity contribution in [2.45, 2.75) is 0 Å². The number of amides is 1. The van der Waals surface area contributed by atoms with E-state index in [4.69, 9.17) is 21.1 Å². The first-order valence-corrected chi connectivity index (χ1v) is 11.3. The van der Waals surface area contributed by atoms with Gasteiger partial charge in [0.2, 0.25) is 0 Å². The lowest BCUT2D eigenvalue weighted by Crippen LogP contribution is -2.23. The highest BCUT2D eigenvalue weighted by Crippen LogP contribution is 2.27. The van der Waals surface area contributed by atoms with Crippen molar-refractivity contribution in [3.63, 3.8) is 0 Å². The van der Waals surface area contributed by atoms with Crippen molar-refractivity contribution in [1.82, 2.24) is 4.98 Å². The first kappa shape index (κ1) is 22.5. The molecule has 4 aromatic rings. The molecule has 0 spiro atoms. The summed E-state index contributed by atoms with van der Waals surface area (Å²) in [5.41, 5.74) is 3.94. The Labute approximate surface area is 199 Å². The second-order valence-electron chi connectivity index (χ2n) is 6.91. The van der Waals surface area contributed by atoms with Crippen LogP contribution >= 0.6 is 22.9 Å². The van der Waals surface area contributed by atoms with Crippen LogP contribution in [-0.4, -0.2) is 30.1 Å². The van der Waals surface area contributed by atoms with E-state index in [9.17, 15) is 9.59 Å². The van der Waals surface area contributed by atoms with Gasteiger partial charge in [-0.2, -0.15) is 0 Å². The van der Waals surface area contributed by atoms with Crippen LogP contribution in [0, 0.1) is 0 Å². The number of nitrogens with one attached hydrogen (secondary N) is 1. The highest BCUT2D eigenvalue weighted by Gasteiger charge is 2.12. The van der Waals surface area contributed by atoms with Crippen LogP contribution in [0.1, 0.15) is 0 Å². The Morgan fingerprint density at radius 1 is 0.848 bits per heavy atom. The molecule has 166 valence electrons. The summed E-state index contributed by atoms with van der Waals surface area (Å²) < 4.78 is 10.2. The number of halogens is 1. The molecule has 8 heteroatoms. The number of para-hydroxylation sites is 1. The van der Waals surface area contributed by atoms with Crippen LogP contribution in [0.2, 0.25) is 5.02 Å².